The van der Waals surface area contributed by atoms with Crippen LogP contribution >= 0.6 is 11.6 Å². The summed E-state index contributed by atoms with van der Waals surface area (Å²) in [5.74, 6) is -0.00465. The van der Waals surface area contributed by atoms with Gasteiger partial charge in [0, 0.05) is 11.4 Å². The molecule has 22 heavy (non-hydrogen) atoms. The number of anilines is 1. The van der Waals surface area contributed by atoms with Gasteiger partial charge in [0.05, 0.1) is 26.8 Å². The highest BCUT2D eigenvalue weighted by atomic mass is 35.5. The van der Waals surface area contributed by atoms with Crippen LogP contribution in [0.3, 0.4) is 0 Å². The zero-order chi connectivity index (χ0) is 15.9. The van der Waals surface area contributed by atoms with Crippen LogP contribution in [0.15, 0.2) is 59.5 Å². The van der Waals surface area contributed by atoms with E-state index in [9.17, 15) is 9.00 Å². The zero-order valence-electron chi connectivity index (χ0n) is 11.9. The molecule has 3 N–H and O–H groups in total. The molecule has 0 spiro atoms. The monoisotopic (exact) mass is 336 g/mol. The number of para-hydroxylation sites is 1. The number of nitrogens with two attached hydrogens (primary N) is 1. The highest BCUT2D eigenvalue weighted by Crippen LogP contribution is 2.19. The van der Waals surface area contributed by atoms with E-state index in [0.29, 0.717) is 22.0 Å². The number of amides is 1. The maximum absolute atomic E-state index is 12.2. The van der Waals surface area contributed by atoms with Gasteiger partial charge in [0.1, 0.15) is 0 Å². The van der Waals surface area contributed by atoms with Gasteiger partial charge in [-0.1, -0.05) is 41.9 Å². The van der Waals surface area contributed by atoms with Crippen LogP contribution in [-0.2, 0) is 15.6 Å². The number of nitrogens with one attached hydrogen (secondary N) is 1. The minimum atomic E-state index is -1.27. The van der Waals surface area contributed by atoms with Gasteiger partial charge in [0.25, 0.3) is 0 Å². The SMILES string of the molecule is NC(CCS(=O)c1ccccc1Cl)C(=O)Nc1ccccc1. The lowest BCUT2D eigenvalue weighted by Crippen LogP contribution is -2.36. The third-order valence-corrected chi connectivity index (χ3v) is 4.97. The normalized spacial score (nSPS) is 13.4. The van der Waals surface area contributed by atoms with Crippen molar-refractivity contribution in [3.8, 4) is 0 Å². The summed E-state index contributed by atoms with van der Waals surface area (Å²) < 4.78 is 12.2. The average Bonchev–Trinajstić information content (AvgIpc) is 2.53. The number of rotatable bonds is 6. The minimum Gasteiger partial charge on any atom is -0.325 e. The van der Waals surface area contributed by atoms with Gasteiger partial charge < -0.3 is 11.1 Å². The number of carbonyl (C=O) groups is 1. The van der Waals surface area contributed by atoms with Crippen molar-refractivity contribution in [2.24, 2.45) is 5.73 Å². The molecule has 116 valence electrons. The highest BCUT2D eigenvalue weighted by molar-refractivity contribution is 7.85. The van der Waals surface area contributed by atoms with Gasteiger partial charge in [-0.05, 0) is 30.7 Å². The lowest BCUT2D eigenvalue weighted by molar-refractivity contribution is -0.117. The van der Waals surface area contributed by atoms with E-state index in [1.54, 1.807) is 36.4 Å². The number of hydrogen-bond acceptors (Lipinski definition) is 3. The van der Waals surface area contributed by atoms with E-state index in [2.05, 4.69) is 5.32 Å². The summed E-state index contributed by atoms with van der Waals surface area (Å²) in [6.45, 7) is 0. The van der Waals surface area contributed by atoms with Gasteiger partial charge in [-0.25, -0.2) is 0 Å². The van der Waals surface area contributed by atoms with Gasteiger partial charge >= 0.3 is 0 Å². The van der Waals surface area contributed by atoms with Gasteiger partial charge in [-0.15, -0.1) is 0 Å². The first kappa shape index (κ1) is 16.7. The molecule has 0 saturated heterocycles. The van der Waals surface area contributed by atoms with Crippen LogP contribution in [0.4, 0.5) is 5.69 Å². The standard InChI is InChI=1S/C16H17ClN2O2S/c17-13-8-4-5-9-15(13)22(21)11-10-14(18)16(20)19-12-6-2-1-3-7-12/h1-9,14H,10-11,18H2,(H,19,20). The highest BCUT2D eigenvalue weighted by Gasteiger charge is 2.16. The van der Waals surface area contributed by atoms with Crippen LogP contribution in [0.25, 0.3) is 0 Å². The second-order valence-corrected chi connectivity index (χ2v) is 6.68. The summed E-state index contributed by atoms with van der Waals surface area (Å²) in [6.07, 6.45) is 0.316. The summed E-state index contributed by atoms with van der Waals surface area (Å²) in [5, 5.41) is 3.19. The molecule has 2 rings (SSSR count). The van der Waals surface area contributed by atoms with Crippen LogP contribution in [-0.4, -0.2) is 21.9 Å². The molecule has 2 unspecified atom stereocenters. The second kappa shape index (κ2) is 8.08. The van der Waals surface area contributed by atoms with Crippen LogP contribution in [0, 0.1) is 0 Å². The first-order chi connectivity index (χ1) is 10.6. The molecule has 0 heterocycles. The zero-order valence-corrected chi connectivity index (χ0v) is 13.4. The van der Waals surface area contributed by atoms with Crippen molar-refractivity contribution >= 4 is 34.0 Å². The molecule has 0 aliphatic heterocycles. The molecule has 2 aromatic carbocycles. The smallest absolute Gasteiger partial charge is 0.241 e. The number of hydrogen-bond donors (Lipinski definition) is 2. The van der Waals surface area contributed by atoms with E-state index in [-0.39, 0.29) is 11.7 Å². The fraction of sp³-hybridized carbons (Fsp3) is 0.188. The van der Waals surface area contributed by atoms with Crippen LogP contribution < -0.4 is 11.1 Å². The summed E-state index contributed by atoms with van der Waals surface area (Å²) in [5.41, 5.74) is 6.54. The van der Waals surface area contributed by atoms with E-state index in [4.69, 9.17) is 17.3 Å². The second-order valence-electron chi connectivity index (χ2n) is 4.73. The Balaban J connectivity index is 1.87. The van der Waals surface area contributed by atoms with Crippen LogP contribution in [0.2, 0.25) is 5.02 Å². The van der Waals surface area contributed by atoms with Crippen LogP contribution in [0.1, 0.15) is 6.42 Å². The fourth-order valence-corrected chi connectivity index (χ4v) is 3.46. The lowest BCUT2D eigenvalue weighted by atomic mass is 10.2. The van der Waals surface area contributed by atoms with Crippen molar-refractivity contribution in [1.82, 2.24) is 0 Å². The van der Waals surface area contributed by atoms with Crippen molar-refractivity contribution in [3.63, 3.8) is 0 Å². The Morgan fingerprint density at radius 1 is 1.14 bits per heavy atom. The topological polar surface area (TPSA) is 72.2 Å². The lowest BCUT2D eigenvalue weighted by Gasteiger charge is -2.12. The van der Waals surface area contributed by atoms with Gasteiger partial charge in [-0.2, -0.15) is 0 Å². The maximum atomic E-state index is 12.2. The third-order valence-electron chi connectivity index (χ3n) is 3.07. The van der Waals surface area contributed by atoms with E-state index in [0.717, 1.165) is 0 Å². The predicted octanol–water partition coefficient (Wildman–Crippen LogP) is 2.80. The molecule has 0 bridgehead atoms. The van der Waals surface area contributed by atoms with Crippen molar-refractivity contribution in [2.45, 2.75) is 17.4 Å². The molecule has 0 aliphatic carbocycles. The van der Waals surface area contributed by atoms with Gasteiger partial charge in [0.2, 0.25) is 5.91 Å². The van der Waals surface area contributed by atoms with Crippen molar-refractivity contribution in [3.05, 3.63) is 59.6 Å². The first-order valence-corrected chi connectivity index (χ1v) is 8.52. The Morgan fingerprint density at radius 2 is 1.77 bits per heavy atom. The van der Waals surface area contributed by atoms with Gasteiger partial charge in [0.15, 0.2) is 0 Å². The summed E-state index contributed by atoms with van der Waals surface area (Å²) in [6, 6.07) is 15.3. The molecule has 0 radical (unpaired) electrons. The number of halogens is 1. The Kier molecular flexibility index (Phi) is 6.12. The molecule has 0 aromatic heterocycles. The Morgan fingerprint density at radius 3 is 2.45 bits per heavy atom. The molecule has 0 saturated carbocycles. The Hall–Kier alpha value is -1.69. The van der Waals surface area contributed by atoms with Crippen molar-refractivity contribution in [1.29, 1.82) is 0 Å². The summed E-state index contributed by atoms with van der Waals surface area (Å²) in [7, 11) is -1.27. The van der Waals surface area contributed by atoms with E-state index in [1.165, 1.54) is 0 Å². The molecule has 1 amide bonds. The summed E-state index contributed by atoms with van der Waals surface area (Å²) in [4.78, 5) is 12.5. The molecule has 0 aliphatic rings. The molecule has 6 heteroatoms. The van der Waals surface area contributed by atoms with Crippen molar-refractivity contribution in [2.75, 3.05) is 11.1 Å². The molecule has 2 atom stereocenters. The third kappa shape index (κ3) is 4.66. The quantitative estimate of drug-likeness (QED) is 0.852. The largest absolute Gasteiger partial charge is 0.325 e. The van der Waals surface area contributed by atoms with Gasteiger partial charge in [-0.3, -0.25) is 9.00 Å². The first-order valence-electron chi connectivity index (χ1n) is 6.82. The minimum absolute atomic E-state index is 0.285. The average molecular weight is 337 g/mol. The van der Waals surface area contributed by atoms with Crippen LogP contribution in [0.5, 0.6) is 0 Å². The Bertz CT molecular complexity index is 664. The summed E-state index contributed by atoms with van der Waals surface area (Å²) >= 11 is 6.00. The predicted molar refractivity (Wildman–Crippen MR) is 90.4 cm³/mol. The van der Waals surface area contributed by atoms with Crippen molar-refractivity contribution < 1.29 is 9.00 Å². The maximum Gasteiger partial charge on any atom is 0.241 e. The van der Waals surface area contributed by atoms with E-state index in [1.807, 2.05) is 18.2 Å². The molecule has 4 nitrogen and oxygen atoms in total. The van der Waals surface area contributed by atoms with E-state index >= 15 is 0 Å². The Labute approximate surface area is 137 Å². The molecular formula is C16H17ClN2O2S. The molecule has 0 fully saturated rings. The fourth-order valence-electron chi connectivity index (χ4n) is 1.86. The van der Waals surface area contributed by atoms with E-state index < -0.39 is 16.8 Å². The number of benzene rings is 2. The number of carbonyl (C=O) groups excluding carboxylic acids is 1. The molecular weight excluding hydrogens is 320 g/mol. The molecule has 2 aromatic rings.